The van der Waals surface area contributed by atoms with Crippen molar-refractivity contribution < 1.29 is 9.59 Å². The van der Waals surface area contributed by atoms with Crippen molar-refractivity contribution >= 4 is 23.4 Å². The monoisotopic (exact) mass is 419 g/mol. The molecule has 2 aromatic carbocycles. The van der Waals surface area contributed by atoms with Crippen LogP contribution in [0.2, 0.25) is 5.02 Å². The highest BCUT2D eigenvalue weighted by Crippen LogP contribution is 2.24. The molecule has 30 heavy (non-hydrogen) atoms. The minimum atomic E-state index is -0.460. The Morgan fingerprint density at radius 2 is 1.90 bits per heavy atom. The standard InChI is InChI=1S/C24H22ClN3O2/c25-21-9-1-5-17(13-21)15-27-23(29)22-10-4-12-28(22)24(30)19-7-2-6-18(14-19)20-8-3-11-26-16-20/h1-3,5-9,11,13-14,16,22H,4,10,12,15H2,(H,27,29). The summed E-state index contributed by atoms with van der Waals surface area (Å²) in [5.41, 5.74) is 3.38. The summed E-state index contributed by atoms with van der Waals surface area (Å²) in [4.78, 5) is 31.8. The summed E-state index contributed by atoms with van der Waals surface area (Å²) in [6.45, 7) is 0.958. The number of aromatic nitrogens is 1. The van der Waals surface area contributed by atoms with Gasteiger partial charge >= 0.3 is 0 Å². The second-order valence-electron chi connectivity index (χ2n) is 7.33. The number of pyridine rings is 1. The molecule has 2 amide bonds. The van der Waals surface area contributed by atoms with Crippen LogP contribution in [-0.2, 0) is 11.3 Å². The summed E-state index contributed by atoms with van der Waals surface area (Å²) in [7, 11) is 0. The van der Waals surface area contributed by atoms with Crippen molar-refractivity contribution in [2.75, 3.05) is 6.54 Å². The molecule has 1 fully saturated rings. The molecule has 1 aromatic heterocycles. The number of nitrogens with one attached hydrogen (secondary N) is 1. The molecule has 1 saturated heterocycles. The fourth-order valence-corrected chi connectivity index (χ4v) is 3.98. The number of carbonyl (C=O) groups is 2. The largest absolute Gasteiger partial charge is 0.350 e. The van der Waals surface area contributed by atoms with Crippen LogP contribution in [-0.4, -0.2) is 34.3 Å². The van der Waals surface area contributed by atoms with Gasteiger partial charge in [0.2, 0.25) is 5.91 Å². The third kappa shape index (κ3) is 4.52. The number of likely N-dealkylation sites (tertiary alicyclic amines) is 1. The van der Waals surface area contributed by atoms with E-state index in [-0.39, 0.29) is 11.8 Å². The molecule has 1 atom stereocenters. The van der Waals surface area contributed by atoms with Gasteiger partial charge in [0.1, 0.15) is 6.04 Å². The van der Waals surface area contributed by atoms with Gasteiger partial charge in [0.25, 0.3) is 5.91 Å². The quantitative estimate of drug-likeness (QED) is 0.669. The van der Waals surface area contributed by atoms with Crippen molar-refractivity contribution in [1.29, 1.82) is 0 Å². The van der Waals surface area contributed by atoms with E-state index < -0.39 is 6.04 Å². The predicted molar refractivity (Wildman–Crippen MR) is 117 cm³/mol. The molecule has 1 aliphatic heterocycles. The minimum absolute atomic E-state index is 0.124. The Bertz CT molecular complexity index is 1060. The van der Waals surface area contributed by atoms with Crippen molar-refractivity contribution in [3.63, 3.8) is 0 Å². The second-order valence-corrected chi connectivity index (χ2v) is 7.76. The van der Waals surface area contributed by atoms with Crippen molar-refractivity contribution in [1.82, 2.24) is 15.2 Å². The molecule has 152 valence electrons. The lowest BCUT2D eigenvalue weighted by atomic mass is 10.0. The van der Waals surface area contributed by atoms with Crippen molar-refractivity contribution in [2.45, 2.75) is 25.4 Å². The molecule has 4 rings (SSSR count). The first-order valence-electron chi connectivity index (χ1n) is 9.95. The third-order valence-electron chi connectivity index (χ3n) is 5.28. The first-order valence-corrected chi connectivity index (χ1v) is 10.3. The number of nitrogens with zero attached hydrogens (tertiary/aromatic N) is 2. The topological polar surface area (TPSA) is 62.3 Å². The second kappa shape index (κ2) is 9.09. The zero-order valence-electron chi connectivity index (χ0n) is 16.4. The molecule has 2 heterocycles. The fraction of sp³-hybridized carbons (Fsp3) is 0.208. The van der Waals surface area contributed by atoms with E-state index in [2.05, 4.69) is 10.3 Å². The molecule has 0 spiro atoms. The van der Waals surface area contributed by atoms with Gasteiger partial charge in [-0.2, -0.15) is 0 Å². The van der Waals surface area contributed by atoms with E-state index in [0.717, 1.165) is 23.1 Å². The molecule has 0 bridgehead atoms. The number of hydrogen-bond donors (Lipinski definition) is 1. The van der Waals surface area contributed by atoms with Crippen molar-refractivity contribution in [3.8, 4) is 11.1 Å². The summed E-state index contributed by atoms with van der Waals surface area (Å²) in [6.07, 6.45) is 4.96. The molecule has 6 heteroatoms. The summed E-state index contributed by atoms with van der Waals surface area (Å²) >= 11 is 6.01. The molecular formula is C24H22ClN3O2. The van der Waals surface area contributed by atoms with Gasteiger partial charge in [0.15, 0.2) is 0 Å². The molecule has 1 aliphatic rings. The molecule has 3 aromatic rings. The third-order valence-corrected chi connectivity index (χ3v) is 5.51. The normalized spacial score (nSPS) is 15.8. The lowest BCUT2D eigenvalue weighted by Gasteiger charge is -2.24. The molecule has 0 radical (unpaired) electrons. The van der Waals surface area contributed by atoms with E-state index in [4.69, 9.17) is 11.6 Å². The number of halogens is 1. The SMILES string of the molecule is O=C(NCc1cccc(Cl)c1)C1CCCN1C(=O)c1cccc(-c2cccnc2)c1. The Morgan fingerprint density at radius 1 is 1.07 bits per heavy atom. The zero-order chi connectivity index (χ0) is 20.9. The average Bonchev–Trinajstić information content (AvgIpc) is 3.28. The summed E-state index contributed by atoms with van der Waals surface area (Å²) in [6, 6.07) is 18.2. The van der Waals surface area contributed by atoms with Crippen LogP contribution in [0.25, 0.3) is 11.1 Å². The Kier molecular flexibility index (Phi) is 6.10. The van der Waals surface area contributed by atoms with Gasteiger partial charge in [0.05, 0.1) is 0 Å². The highest BCUT2D eigenvalue weighted by atomic mass is 35.5. The van der Waals surface area contributed by atoms with Crippen LogP contribution in [0.1, 0.15) is 28.8 Å². The van der Waals surface area contributed by atoms with E-state index in [9.17, 15) is 9.59 Å². The van der Waals surface area contributed by atoms with Gasteiger partial charge in [-0.1, -0.05) is 41.9 Å². The van der Waals surface area contributed by atoms with Crippen LogP contribution in [0.15, 0.2) is 73.1 Å². The molecule has 1 unspecified atom stereocenters. The average molecular weight is 420 g/mol. The van der Waals surface area contributed by atoms with Crippen LogP contribution >= 0.6 is 11.6 Å². The first kappa shape index (κ1) is 20.1. The summed E-state index contributed by atoms with van der Waals surface area (Å²) in [5, 5.41) is 3.57. The highest BCUT2D eigenvalue weighted by molar-refractivity contribution is 6.30. The molecule has 0 saturated carbocycles. The molecule has 0 aliphatic carbocycles. The van der Waals surface area contributed by atoms with E-state index >= 15 is 0 Å². The summed E-state index contributed by atoms with van der Waals surface area (Å²) in [5.74, 6) is -0.259. The molecular weight excluding hydrogens is 398 g/mol. The Morgan fingerprint density at radius 3 is 2.70 bits per heavy atom. The van der Waals surface area contributed by atoms with Crippen LogP contribution in [0.4, 0.5) is 0 Å². The van der Waals surface area contributed by atoms with Gasteiger partial charge < -0.3 is 10.2 Å². The number of rotatable bonds is 5. The van der Waals surface area contributed by atoms with E-state index in [1.165, 1.54) is 0 Å². The lowest BCUT2D eigenvalue weighted by molar-refractivity contribution is -0.125. The maximum absolute atomic E-state index is 13.2. The van der Waals surface area contributed by atoms with Gasteiger partial charge in [-0.3, -0.25) is 14.6 Å². The van der Waals surface area contributed by atoms with Crippen LogP contribution < -0.4 is 5.32 Å². The van der Waals surface area contributed by atoms with E-state index in [0.29, 0.717) is 30.1 Å². The van der Waals surface area contributed by atoms with Crippen LogP contribution in [0, 0.1) is 0 Å². The molecule has 5 nitrogen and oxygen atoms in total. The van der Waals surface area contributed by atoms with Gasteiger partial charge in [-0.25, -0.2) is 0 Å². The number of carbonyl (C=O) groups excluding carboxylic acids is 2. The number of amides is 2. The Labute approximate surface area is 180 Å². The molecule has 1 N–H and O–H groups in total. The Hall–Kier alpha value is -3.18. The van der Waals surface area contributed by atoms with Crippen molar-refractivity contribution in [3.05, 3.63) is 89.2 Å². The predicted octanol–water partition coefficient (Wildman–Crippen LogP) is 4.32. The van der Waals surface area contributed by atoms with Crippen LogP contribution in [0.5, 0.6) is 0 Å². The summed E-state index contributed by atoms with van der Waals surface area (Å²) < 4.78 is 0. The Balaban J connectivity index is 1.46. The lowest BCUT2D eigenvalue weighted by Crippen LogP contribution is -2.45. The first-order chi connectivity index (χ1) is 14.6. The highest BCUT2D eigenvalue weighted by Gasteiger charge is 2.34. The zero-order valence-corrected chi connectivity index (χ0v) is 17.2. The van der Waals surface area contributed by atoms with Gasteiger partial charge in [0, 0.05) is 41.6 Å². The maximum Gasteiger partial charge on any atom is 0.254 e. The van der Waals surface area contributed by atoms with E-state index in [1.807, 2.05) is 48.5 Å². The van der Waals surface area contributed by atoms with Crippen LogP contribution in [0.3, 0.4) is 0 Å². The maximum atomic E-state index is 13.2. The minimum Gasteiger partial charge on any atom is -0.350 e. The fourth-order valence-electron chi connectivity index (χ4n) is 3.77. The van der Waals surface area contributed by atoms with E-state index in [1.54, 1.807) is 29.4 Å². The number of benzene rings is 2. The van der Waals surface area contributed by atoms with Gasteiger partial charge in [-0.15, -0.1) is 0 Å². The van der Waals surface area contributed by atoms with Crippen molar-refractivity contribution in [2.24, 2.45) is 0 Å². The number of hydrogen-bond acceptors (Lipinski definition) is 3. The smallest absolute Gasteiger partial charge is 0.254 e. The van der Waals surface area contributed by atoms with Gasteiger partial charge in [-0.05, 0) is 54.3 Å².